The summed E-state index contributed by atoms with van der Waals surface area (Å²) in [5.41, 5.74) is -0.564. The molecular formula is C9H13NO3. The van der Waals surface area contributed by atoms with E-state index in [4.69, 9.17) is 5.11 Å². The molecule has 1 unspecified atom stereocenters. The second-order valence-corrected chi connectivity index (χ2v) is 3.96. The van der Waals surface area contributed by atoms with Gasteiger partial charge in [0.25, 0.3) is 0 Å². The summed E-state index contributed by atoms with van der Waals surface area (Å²) in [7, 11) is 0. The molecule has 0 radical (unpaired) electrons. The van der Waals surface area contributed by atoms with Gasteiger partial charge in [-0.05, 0) is 12.8 Å². The van der Waals surface area contributed by atoms with Crippen LogP contribution in [-0.4, -0.2) is 23.5 Å². The molecule has 1 atom stereocenters. The summed E-state index contributed by atoms with van der Waals surface area (Å²) < 4.78 is 0. The van der Waals surface area contributed by atoms with Crippen molar-refractivity contribution in [2.24, 2.45) is 11.3 Å². The Hall–Kier alpha value is -1.06. The zero-order valence-corrected chi connectivity index (χ0v) is 7.38. The highest BCUT2D eigenvalue weighted by molar-refractivity contribution is 5.92. The maximum absolute atomic E-state index is 11.5. The summed E-state index contributed by atoms with van der Waals surface area (Å²) in [6, 6.07) is 0. The Balaban J connectivity index is 2.30. The van der Waals surface area contributed by atoms with E-state index < -0.39 is 17.3 Å². The molecule has 2 fully saturated rings. The van der Waals surface area contributed by atoms with Gasteiger partial charge in [-0.1, -0.05) is 12.8 Å². The molecule has 2 N–H and O–H groups in total. The Labute approximate surface area is 76.3 Å². The zero-order valence-electron chi connectivity index (χ0n) is 7.38. The highest BCUT2D eigenvalue weighted by Crippen LogP contribution is 2.47. The Morgan fingerprint density at radius 1 is 1.46 bits per heavy atom. The number of amides is 1. The molecule has 4 heteroatoms. The summed E-state index contributed by atoms with van der Waals surface area (Å²) in [5.74, 6) is -1.37. The maximum atomic E-state index is 11.5. The van der Waals surface area contributed by atoms with Crippen LogP contribution in [0.2, 0.25) is 0 Å². The van der Waals surface area contributed by atoms with Crippen LogP contribution in [0.1, 0.15) is 25.7 Å². The van der Waals surface area contributed by atoms with Crippen LogP contribution in [0.4, 0.5) is 0 Å². The molecule has 1 saturated heterocycles. The molecule has 1 heterocycles. The minimum Gasteiger partial charge on any atom is -0.481 e. The van der Waals surface area contributed by atoms with E-state index in [2.05, 4.69) is 5.32 Å². The standard InChI is InChI=1S/C9H13NO3/c11-7(12)6-5-10-8(13)9(6)3-1-2-4-9/h6H,1-5H2,(H,10,13)(H,11,12). The number of aliphatic carboxylic acids is 1. The molecule has 0 aromatic carbocycles. The van der Waals surface area contributed by atoms with Crippen molar-refractivity contribution in [3.63, 3.8) is 0 Å². The van der Waals surface area contributed by atoms with E-state index in [9.17, 15) is 9.59 Å². The average Bonchev–Trinajstić information content (AvgIpc) is 2.64. The van der Waals surface area contributed by atoms with Crippen LogP contribution in [0.25, 0.3) is 0 Å². The summed E-state index contributed by atoms with van der Waals surface area (Å²) in [6.45, 7) is 0.314. The molecule has 0 bridgehead atoms. The fourth-order valence-electron chi connectivity index (χ4n) is 2.63. The lowest BCUT2D eigenvalue weighted by Crippen LogP contribution is -2.35. The highest BCUT2D eigenvalue weighted by Gasteiger charge is 2.54. The van der Waals surface area contributed by atoms with Crippen molar-refractivity contribution in [3.05, 3.63) is 0 Å². The smallest absolute Gasteiger partial charge is 0.309 e. The Morgan fingerprint density at radius 3 is 2.62 bits per heavy atom. The number of carboxylic acids is 1. The number of carbonyl (C=O) groups is 2. The SMILES string of the molecule is O=C(O)C1CNC(=O)C12CCCC2. The van der Waals surface area contributed by atoms with Crippen molar-refractivity contribution < 1.29 is 14.7 Å². The van der Waals surface area contributed by atoms with E-state index >= 15 is 0 Å². The lowest BCUT2D eigenvalue weighted by Gasteiger charge is -2.23. The Bertz CT molecular complexity index is 256. The minimum absolute atomic E-state index is 0.0441. The monoisotopic (exact) mass is 183 g/mol. The van der Waals surface area contributed by atoms with Crippen LogP contribution in [0.15, 0.2) is 0 Å². The molecule has 1 aliphatic carbocycles. The van der Waals surface area contributed by atoms with Gasteiger partial charge >= 0.3 is 5.97 Å². The largest absolute Gasteiger partial charge is 0.481 e. The van der Waals surface area contributed by atoms with Crippen LogP contribution >= 0.6 is 0 Å². The molecule has 4 nitrogen and oxygen atoms in total. The molecule has 1 saturated carbocycles. The fraction of sp³-hybridized carbons (Fsp3) is 0.778. The fourth-order valence-corrected chi connectivity index (χ4v) is 2.63. The molecule has 2 aliphatic rings. The third kappa shape index (κ3) is 1.04. The van der Waals surface area contributed by atoms with Gasteiger partial charge in [-0.2, -0.15) is 0 Å². The molecule has 2 rings (SSSR count). The molecule has 1 amide bonds. The van der Waals surface area contributed by atoms with Crippen LogP contribution < -0.4 is 5.32 Å². The maximum Gasteiger partial charge on any atom is 0.309 e. The van der Waals surface area contributed by atoms with Gasteiger partial charge in [0.2, 0.25) is 5.91 Å². The van der Waals surface area contributed by atoms with Crippen molar-refractivity contribution in [2.75, 3.05) is 6.54 Å². The van der Waals surface area contributed by atoms with Gasteiger partial charge in [-0.15, -0.1) is 0 Å². The number of hydrogen-bond donors (Lipinski definition) is 2. The Kier molecular flexibility index (Phi) is 1.78. The summed E-state index contributed by atoms with van der Waals surface area (Å²) in [5, 5.41) is 11.6. The quantitative estimate of drug-likeness (QED) is 0.617. The molecular weight excluding hydrogens is 170 g/mol. The summed E-state index contributed by atoms with van der Waals surface area (Å²) in [6.07, 6.45) is 3.46. The van der Waals surface area contributed by atoms with Crippen LogP contribution in [0.5, 0.6) is 0 Å². The zero-order chi connectivity index (χ0) is 9.47. The lowest BCUT2D eigenvalue weighted by molar-refractivity contribution is -0.147. The van der Waals surface area contributed by atoms with Gasteiger partial charge in [-0.25, -0.2) is 0 Å². The van der Waals surface area contributed by atoms with E-state index in [0.29, 0.717) is 6.54 Å². The first-order valence-corrected chi connectivity index (χ1v) is 4.68. The predicted molar refractivity (Wildman–Crippen MR) is 45.0 cm³/mol. The van der Waals surface area contributed by atoms with E-state index in [-0.39, 0.29) is 5.91 Å². The third-order valence-electron chi connectivity index (χ3n) is 3.38. The second-order valence-electron chi connectivity index (χ2n) is 3.96. The van der Waals surface area contributed by atoms with E-state index in [1.807, 2.05) is 0 Å². The summed E-state index contributed by atoms with van der Waals surface area (Å²) in [4.78, 5) is 22.5. The molecule has 0 aromatic heterocycles. The average molecular weight is 183 g/mol. The molecule has 72 valence electrons. The van der Waals surface area contributed by atoms with Gasteiger partial charge in [-0.3, -0.25) is 9.59 Å². The predicted octanol–water partition coefficient (Wildman–Crippen LogP) is 0.377. The van der Waals surface area contributed by atoms with Crippen LogP contribution in [0, 0.1) is 11.3 Å². The van der Waals surface area contributed by atoms with Gasteiger partial charge in [0.05, 0.1) is 11.3 Å². The van der Waals surface area contributed by atoms with Crippen LogP contribution in [0.3, 0.4) is 0 Å². The third-order valence-corrected chi connectivity index (χ3v) is 3.38. The lowest BCUT2D eigenvalue weighted by atomic mass is 9.76. The first-order chi connectivity index (χ1) is 6.17. The number of carbonyl (C=O) groups excluding carboxylic acids is 1. The van der Waals surface area contributed by atoms with Gasteiger partial charge in [0, 0.05) is 6.54 Å². The first-order valence-electron chi connectivity index (χ1n) is 4.68. The number of rotatable bonds is 1. The second kappa shape index (κ2) is 2.72. The normalized spacial score (nSPS) is 30.8. The van der Waals surface area contributed by atoms with Crippen molar-refractivity contribution in [3.8, 4) is 0 Å². The van der Waals surface area contributed by atoms with Gasteiger partial charge in [0.1, 0.15) is 0 Å². The molecule has 1 spiro atoms. The molecule has 1 aliphatic heterocycles. The molecule has 13 heavy (non-hydrogen) atoms. The minimum atomic E-state index is -0.833. The van der Waals surface area contributed by atoms with Gasteiger partial charge < -0.3 is 10.4 Å². The van der Waals surface area contributed by atoms with Crippen molar-refractivity contribution in [1.29, 1.82) is 0 Å². The van der Waals surface area contributed by atoms with E-state index in [1.165, 1.54) is 0 Å². The number of hydrogen-bond acceptors (Lipinski definition) is 2. The van der Waals surface area contributed by atoms with Crippen molar-refractivity contribution >= 4 is 11.9 Å². The van der Waals surface area contributed by atoms with Crippen LogP contribution in [-0.2, 0) is 9.59 Å². The van der Waals surface area contributed by atoms with Crippen molar-refractivity contribution in [2.45, 2.75) is 25.7 Å². The summed E-state index contributed by atoms with van der Waals surface area (Å²) >= 11 is 0. The van der Waals surface area contributed by atoms with Gasteiger partial charge in [0.15, 0.2) is 0 Å². The van der Waals surface area contributed by atoms with E-state index in [1.54, 1.807) is 0 Å². The number of nitrogens with one attached hydrogen (secondary N) is 1. The first kappa shape index (κ1) is 8.53. The van der Waals surface area contributed by atoms with E-state index in [0.717, 1.165) is 25.7 Å². The topological polar surface area (TPSA) is 66.4 Å². The molecule has 0 aromatic rings. The Morgan fingerprint density at radius 2 is 2.08 bits per heavy atom. The number of carboxylic acid groups (broad SMARTS) is 1. The van der Waals surface area contributed by atoms with Crippen molar-refractivity contribution in [1.82, 2.24) is 5.32 Å². The highest BCUT2D eigenvalue weighted by atomic mass is 16.4.